The van der Waals surface area contributed by atoms with Gasteiger partial charge in [0.15, 0.2) is 11.0 Å². The Bertz CT molecular complexity index is 1220. The molecule has 1 aliphatic carbocycles. The van der Waals surface area contributed by atoms with Crippen LogP contribution in [-0.2, 0) is 0 Å². The first kappa shape index (κ1) is 10.9. The van der Waals surface area contributed by atoms with E-state index in [0.717, 1.165) is 12.8 Å². The predicted octanol–water partition coefficient (Wildman–Crippen LogP) is 3.80. The Kier molecular flexibility index (Phi) is 2.22. The van der Waals surface area contributed by atoms with Crippen molar-refractivity contribution in [2.45, 2.75) is 18.8 Å². The van der Waals surface area contributed by atoms with Crippen LogP contribution in [0, 0.1) is 0 Å². The third-order valence-electron chi connectivity index (χ3n) is 4.22. The molecular formula is C17H12ClN5O. The minimum Gasteiger partial charge on any atom is -0.493 e. The maximum atomic E-state index is 8.25. The molecule has 24 heavy (non-hydrogen) atoms. The number of aromatic nitrogens is 5. The van der Waals surface area contributed by atoms with E-state index in [9.17, 15) is 0 Å². The van der Waals surface area contributed by atoms with Crippen molar-refractivity contribution in [2.75, 3.05) is 0 Å². The van der Waals surface area contributed by atoms with Crippen LogP contribution in [0.3, 0.4) is 0 Å². The number of nitrogens with zero attached hydrogens (tertiary/aromatic N) is 4. The van der Waals surface area contributed by atoms with Gasteiger partial charge in [-0.1, -0.05) is 11.6 Å². The van der Waals surface area contributed by atoms with E-state index in [1.54, 1.807) is 12.3 Å². The molecule has 2 N–H and O–H groups in total. The minimum absolute atomic E-state index is 0.00889. The van der Waals surface area contributed by atoms with Crippen molar-refractivity contribution in [3.8, 4) is 17.3 Å². The molecule has 0 radical (unpaired) electrons. The highest BCUT2D eigenvalue weighted by atomic mass is 35.5. The molecule has 0 saturated heterocycles. The van der Waals surface area contributed by atoms with Crippen molar-refractivity contribution < 1.29 is 7.85 Å². The summed E-state index contributed by atoms with van der Waals surface area (Å²) < 4.78 is 23.9. The van der Waals surface area contributed by atoms with Crippen molar-refractivity contribution in [2.24, 2.45) is 0 Å². The number of aromatic amines is 1. The highest BCUT2D eigenvalue weighted by Gasteiger charge is 2.29. The van der Waals surface area contributed by atoms with Crippen molar-refractivity contribution in [3.63, 3.8) is 0 Å². The Morgan fingerprint density at radius 1 is 1.33 bits per heavy atom. The molecule has 4 heterocycles. The molecular weight excluding hydrogens is 326 g/mol. The summed E-state index contributed by atoms with van der Waals surface area (Å²) in [6.45, 7) is 0. The fourth-order valence-electron chi connectivity index (χ4n) is 2.92. The van der Waals surface area contributed by atoms with Gasteiger partial charge in [0.2, 0.25) is 5.88 Å². The zero-order valence-electron chi connectivity index (χ0n) is 15.3. The summed E-state index contributed by atoms with van der Waals surface area (Å²) in [6.07, 6.45) is 5.06. The van der Waals surface area contributed by atoms with Crippen molar-refractivity contribution in [1.82, 2.24) is 24.9 Å². The van der Waals surface area contributed by atoms with Crippen LogP contribution in [0.25, 0.3) is 33.3 Å². The van der Waals surface area contributed by atoms with E-state index in [1.165, 1.54) is 6.20 Å². The second-order valence-electron chi connectivity index (χ2n) is 5.80. The van der Waals surface area contributed by atoms with Gasteiger partial charge in [-0.3, -0.25) is 0 Å². The van der Waals surface area contributed by atoms with Crippen molar-refractivity contribution in [3.05, 3.63) is 41.4 Å². The number of halogens is 1. The average Bonchev–Trinajstić information content (AvgIpc) is 3.37. The maximum Gasteiger partial charge on any atom is 0.295 e. The summed E-state index contributed by atoms with van der Waals surface area (Å²) in [6, 6.07) is 1.92. The number of nitrogens with one attached hydrogen (secondary N) is 1. The first-order valence-electron chi connectivity index (χ1n) is 8.93. The average molecular weight is 341 g/mol. The monoisotopic (exact) mass is 340 g/mol. The molecule has 0 aliphatic heterocycles. The third-order valence-corrected chi connectivity index (χ3v) is 4.48. The van der Waals surface area contributed by atoms with E-state index in [0.29, 0.717) is 33.1 Å². The van der Waals surface area contributed by atoms with Gasteiger partial charge in [0, 0.05) is 29.5 Å². The molecule has 0 bridgehead atoms. The lowest BCUT2D eigenvalue weighted by molar-refractivity contribution is 0.459. The number of hydrogen-bond acceptors (Lipinski definition) is 5. The van der Waals surface area contributed by atoms with Gasteiger partial charge in [0.05, 0.1) is 8.13 Å². The highest BCUT2D eigenvalue weighted by Crippen LogP contribution is 2.45. The summed E-state index contributed by atoms with van der Waals surface area (Å²) >= 11 is 6.28. The molecule has 0 unspecified atom stereocenters. The summed E-state index contributed by atoms with van der Waals surface area (Å²) in [5.41, 5.74) is 2.04. The number of aromatic hydroxyl groups is 1. The number of rotatable bonds is 3. The topological polar surface area (TPSA) is 87.6 Å². The SMILES string of the molecule is [2H]Oc1nc(-c2c([2H])cnc3[nH]ccc23)nc2c(Cl)nc([2H])c(C3CC3)c12. The summed E-state index contributed by atoms with van der Waals surface area (Å²) in [4.78, 5) is 20.2. The lowest BCUT2D eigenvalue weighted by Gasteiger charge is -2.10. The first-order chi connectivity index (χ1) is 13.1. The lowest BCUT2D eigenvalue weighted by atomic mass is 10.1. The van der Waals surface area contributed by atoms with Crippen LogP contribution in [0.1, 0.15) is 27.1 Å². The normalized spacial score (nSPS) is 16.1. The van der Waals surface area contributed by atoms with E-state index in [2.05, 4.69) is 24.9 Å². The van der Waals surface area contributed by atoms with Crippen LogP contribution in [0.4, 0.5) is 0 Å². The van der Waals surface area contributed by atoms with Gasteiger partial charge in [-0.05, 0) is 36.4 Å². The molecule has 118 valence electrons. The number of hydrogen-bond donors (Lipinski definition) is 2. The van der Waals surface area contributed by atoms with Gasteiger partial charge in [-0.25, -0.2) is 15.0 Å². The van der Waals surface area contributed by atoms with Gasteiger partial charge in [-0.2, -0.15) is 4.98 Å². The molecule has 0 aromatic carbocycles. The molecule has 1 fully saturated rings. The molecule has 1 saturated carbocycles. The molecule has 4 aromatic heterocycles. The molecule has 4 aromatic rings. The van der Waals surface area contributed by atoms with E-state index < -0.39 is 0 Å². The summed E-state index contributed by atoms with van der Waals surface area (Å²) in [5.74, 6) is 0.386. The van der Waals surface area contributed by atoms with Crippen molar-refractivity contribution in [1.29, 1.82) is 1.43 Å². The summed E-state index contributed by atoms with van der Waals surface area (Å²) in [7, 11) is 0. The number of fused-ring (bicyclic) bond motifs is 2. The van der Waals surface area contributed by atoms with Crippen molar-refractivity contribution >= 4 is 33.5 Å². The van der Waals surface area contributed by atoms with Crippen LogP contribution >= 0.6 is 11.6 Å². The first-order valence-corrected chi connectivity index (χ1v) is 7.90. The molecule has 6 nitrogen and oxygen atoms in total. The van der Waals surface area contributed by atoms with Gasteiger partial charge < -0.3 is 10.1 Å². The van der Waals surface area contributed by atoms with E-state index in [4.69, 9.17) is 20.9 Å². The second kappa shape index (κ2) is 4.88. The number of H-pyrrole nitrogens is 1. The second-order valence-corrected chi connectivity index (χ2v) is 6.15. The van der Waals surface area contributed by atoms with E-state index in [-0.39, 0.29) is 35.0 Å². The zero-order chi connectivity index (χ0) is 18.7. The quantitative estimate of drug-likeness (QED) is 0.554. The largest absolute Gasteiger partial charge is 0.493 e. The van der Waals surface area contributed by atoms with Gasteiger partial charge >= 0.3 is 0 Å². The van der Waals surface area contributed by atoms with Gasteiger partial charge in [0.1, 0.15) is 11.2 Å². The molecule has 0 amide bonds. The Labute approximate surface area is 145 Å². The fraction of sp³-hybridized carbons (Fsp3) is 0.176. The predicted molar refractivity (Wildman–Crippen MR) is 91.1 cm³/mol. The van der Waals surface area contributed by atoms with E-state index >= 15 is 0 Å². The fourth-order valence-corrected chi connectivity index (χ4v) is 3.10. The summed E-state index contributed by atoms with van der Waals surface area (Å²) in [5, 5.41) is 5.98. The van der Waals surface area contributed by atoms with Crippen LogP contribution in [0.15, 0.2) is 30.7 Å². The van der Waals surface area contributed by atoms with Crippen LogP contribution in [0.2, 0.25) is 5.15 Å². The van der Waals surface area contributed by atoms with Crippen LogP contribution < -0.4 is 0 Å². The number of pyridine rings is 2. The molecule has 5 rings (SSSR count). The smallest absolute Gasteiger partial charge is 0.295 e. The highest BCUT2D eigenvalue weighted by molar-refractivity contribution is 6.34. The van der Waals surface area contributed by atoms with Crippen LogP contribution in [-0.4, -0.2) is 31.5 Å². The molecule has 1 aliphatic rings. The molecule has 0 atom stereocenters. The maximum absolute atomic E-state index is 8.25. The van der Waals surface area contributed by atoms with E-state index in [1.807, 2.05) is 0 Å². The lowest BCUT2D eigenvalue weighted by Crippen LogP contribution is -1.97. The minimum atomic E-state index is 0.00889. The molecule has 0 spiro atoms. The Morgan fingerprint density at radius 3 is 3.08 bits per heavy atom. The van der Waals surface area contributed by atoms with Gasteiger partial charge in [0.25, 0.3) is 1.43 Å². The third kappa shape index (κ3) is 1.96. The standard InChI is InChI=1S/C17H12ClN5O/c18-14-13-12(11(7-21-14)8-1-2-8)17(24)23-16(22-13)10-4-6-20-15-9(10)3-5-19-15/h3-8H,1-2H2,(H,19,20)(H,22,23,24)/i4D,7D/hD. The Balaban J connectivity index is 1.88. The molecule has 7 heteroatoms. The Morgan fingerprint density at radius 2 is 2.25 bits per heavy atom. The zero-order valence-corrected chi connectivity index (χ0v) is 13.1. The Hall–Kier alpha value is -2.73. The van der Waals surface area contributed by atoms with Gasteiger partial charge in [-0.15, -0.1) is 0 Å². The van der Waals surface area contributed by atoms with Crippen LogP contribution in [0.5, 0.6) is 5.88 Å².